The molecule has 27 heavy (non-hydrogen) atoms. The van der Waals surface area contributed by atoms with E-state index < -0.39 is 5.60 Å². The van der Waals surface area contributed by atoms with Gasteiger partial charge in [0.15, 0.2) is 5.16 Å². The number of thioether (sulfide) groups is 1. The number of hydrogen-bond donors (Lipinski definition) is 1. The van der Waals surface area contributed by atoms with Crippen molar-refractivity contribution in [2.75, 3.05) is 31.3 Å². The summed E-state index contributed by atoms with van der Waals surface area (Å²) >= 11 is 1.47. The Hall–Kier alpha value is -2.03. The smallest absolute Gasteiger partial charge is 0.410 e. The van der Waals surface area contributed by atoms with Gasteiger partial charge in [0.1, 0.15) is 17.0 Å². The molecule has 0 spiro atoms. The van der Waals surface area contributed by atoms with Crippen molar-refractivity contribution in [3.8, 4) is 0 Å². The van der Waals surface area contributed by atoms with Gasteiger partial charge in [0.2, 0.25) is 0 Å². The first-order valence-electron chi connectivity index (χ1n) is 9.13. The predicted octanol–water partition coefficient (Wildman–Crippen LogP) is 2.28. The minimum atomic E-state index is -0.492. The third-order valence-electron chi connectivity index (χ3n) is 4.77. The Bertz CT molecular complexity index is 741. The van der Waals surface area contributed by atoms with Crippen LogP contribution in [0, 0.1) is 0 Å². The number of nitrogens with one attached hydrogen (secondary N) is 1. The van der Waals surface area contributed by atoms with Gasteiger partial charge >= 0.3 is 6.09 Å². The van der Waals surface area contributed by atoms with E-state index in [2.05, 4.69) is 20.2 Å². The van der Waals surface area contributed by atoms with E-state index in [0.717, 1.165) is 18.5 Å². The van der Waals surface area contributed by atoms with Crippen molar-refractivity contribution in [2.24, 2.45) is 0 Å². The summed E-state index contributed by atoms with van der Waals surface area (Å²) in [6, 6.07) is 0.200. The lowest BCUT2D eigenvalue weighted by molar-refractivity contribution is 0.0205. The second-order valence-electron chi connectivity index (χ2n) is 7.85. The van der Waals surface area contributed by atoms with Crippen LogP contribution in [0.4, 0.5) is 10.6 Å². The van der Waals surface area contributed by atoms with Crippen LogP contribution < -0.4 is 10.2 Å². The van der Waals surface area contributed by atoms with Gasteiger partial charge in [-0.25, -0.2) is 14.8 Å². The van der Waals surface area contributed by atoms with Crippen molar-refractivity contribution in [3.05, 3.63) is 11.3 Å². The topological polar surface area (TPSA) is 87.7 Å². The fourth-order valence-electron chi connectivity index (χ4n) is 3.37. The molecule has 1 saturated heterocycles. The van der Waals surface area contributed by atoms with Gasteiger partial charge in [-0.2, -0.15) is 0 Å². The van der Waals surface area contributed by atoms with Crippen LogP contribution in [0.15, 0.2) is 5.16 Å². The molecule has 2 aliphatic rings. The van der Waals surface area contributed by atoms with E-state index in [0.29, 0.717) is 36.2 Å². The lowest BCUT2D eigenvalue weighted by atomic mass is 10.0. The molecule has 0 atom stereocenters. The molecule has 8 nitrogen and oxygen atoms in total. The normalized spacial score (nSPS) is 17.5. The van der Waals surface area contributed by atoms with Gasteiger partial charge in [-0.15, -0.1) is 0 Å². The van der Waals surface area contributed by atoms with E-state index >= 15 is 0 Å². The number of carbonyl (C=O) groups is 2. The first-order valence-corrected chi connectivity index (χ1v) is 10.4. The Balaban J connectivity index is 1.72. The highest BCUT2D eigenvalue weighted by molar-refractivity contribution is 7.98. The summed E-state index contributed by atoms with van der Waals surface area (Å²) in [5.74, 6) is 0.556. The summed E-state index contributed by atoms with van der Waals surface area (Å²) in [7, 11) is 1.96. The zero-order valence-electron chi connectivity index (χ0n) is 16.5. The van der Waals surface area contributed by atoms with Crippen molar-refractivity contribution in [2.45, 2.75) is 57.0 Å². The molecule has 0 unspecified atom stereocenters. The van der Waals surface area contributed by atoms with E-state index in [1.807, 2.05) is 34.1 Å². The van der Waals surface area contributed by atoms with Crippen LogP contribution in [-0.4, -0.2) is 64.9 Å². The average Bonchev–Trinajstić information content (AvgIpc) is 3.00. The Kier molecular flexibility index (Phi) is 5.50. The molecule has 3 rings (SSSR count). The number of rotatable bonds is 3. The molecule has 1 aromatic rings. The van der Waals surface area contributed by atoms with Crippen LogP contribution >= 0.6 is 11.8 Å². The van der Waals surface area contributed by atoms with Crippen LogP contribution in [0.25, 0.3) is 0 Å². The number of piperidine rings is 1. The van der Waals surface area contributed by atoms with E-state index in [1.54, 1.807) is 4.90 Å². The molecule has 2 aliphatic heterocycles. The number of likely N-dealkylation sites (tertiary alicyclic amines) is 1. The van der Waals surface area contributed by atoms with E-state index in [-0.39, 0.29) is 18.0 Å². The summed E-state index contributed by atoms with van der Waals surface area (Å²) in [5, 5.41) is 3.50. The Morgan fingerprint density at radius 1 is 1.30 bits per heavy atom. The summed E-state index contributed by atoms with van der Waals surface area (Å²) in [5.41, 5.74) is 0.839. The fraction of sp³-hybridized carbons (Fsp3) is 0.667. The first kappa shape index (κ1) is 19.7. The summed E-state index contributed by atoms with van der Waals surface area (Å²) < 4.78 is 5.46. The van der Waals surface area contributed by atoms with Crippen LogP contribution in [0.1, 0.15) is 49.7 Å². The standard InChI is InChI=1S/C18H27N5O3S/c1-18(2,3)26-17(25)23-8-6-11(7-9-23)22(4)14-13-12(10-19-15(13)24)20-16(21-14)27-5/h11H,6-10H2,1-5H3,(H,19,24). The van der Waals surface area contributed by atoms with Gasteiger partial charge in [-0.1, -0.05) is 11.8 Å². The molecular weight excluding hydrogens is 366 g/mol. The van der Waals surface area contributed by atoms with Crippen molar-refractivity contribution < 1.29 is 14.3 Å². The number of aromatic nitrogens is 2. The number of nitrogens with zero attached hydrogens (tertiary/aromatic N) is 4. The molecule has 3 heterocycles. The molecule has 1 fully saturated rings. The number of fused-ring (bicyclic) bond motifs is 1. The molecule has 0 saturated carbocycles. The van der Waals surface area contributed by atoms with E-state index in [1.165, 1.54) is 11.8 Å². The SMILES string of the molecule is CSc1nc2c(c(N(C)C3CCN(C(=O)OC(C)(C)C)CC3)n1)C(=O)NC2. The van der Waals surface area contributed by atoms with Gasteiger partial charge < -0.3 is 19.9 Å². The van der Waals surface area contributed by atoms with Gasteiger partial charge in [0.05, 0.1) is 12.2 Å². The largest absolute Gasteiger partial charge is 0.444 e. The molecule has 0 aliphatic carbocycles. The van der Waals surface area contributed by atoms with Crippen molar-refractivity contribution in [1.29, 1.82) is 0 Å². The second kappa shape index (κ2) is 7.53. The minimum Gasteiger partial charge on any atom is -0.444 e. The molecule has 0 bridgehead atoms. The van der Waals surface area contributed by atoms with E-state index in [9.17, 15) is 9.59 Å². The Labute approximate surface area is 164 Å². The third kappa shape index (κ3) is 4.28. The van der Waals surface area contributed by atoms with Crippen LogP contribution in [0.5, 0.6) is 0 Å². The lowest BCUT2D eigenvalue weighted by Gasteiger charge is -2.38. The monoisotopic (exact) mass is 393 g/mol. The maximum Gasteiger partial charge on any atom is 0.410 e. The molecule has 9 heteroatoms. The van der Waals surface area contributed by atoms with Crippen molar-refractivity contribution in [3.63, 3.8) is 0 Å². The lowest BCUT2D eigenvalue weighted by Crippen LogP contribution is -2.47. The second-order valence-corrected chi connectivity index (χ2v) is 8.62. The predicted molar refractivity (Wildman–Crippen MR) is 104 cm³/mol. The highest BCUT2D eigenvalue weighted by atomic mass is 32.2. The van der Waals surface area contributed by atoms with Gasteiger partial charge in [0.25, 0.3) is 5.91 Å². The van der Waals surface area contributed by atoms with Crippen molar-refractivity contribution in [1.82, 2.24) is 20.2 Å². The maximum atomic E-state index is 12.3. The fourth-order valence-corrected chi connectivity index (χ4v) is 3.75. The van der Waals surface area contributed by atoms with Crippen LogP contribution in [-0.2, 0) is 11.3 Å². The maximum absolute atomic E-state index is 12.3. The minimum absolute atomic E-state index is 0.120. The Morgan fingerprint density at radius 3 is 2.56 bits per heavy atom. The van der Waals surface area contributed by atoms with Gasteiger partial charge in [-0.05, 0) is 39.9 Å². The van der Waals surface area contributed by atoms with Crippen LogP contribution in [0.2, 0.25) is 0 Å². The quantitative estimate of drug-likeness (QED) is 0.622. The zero-order chi connectivity index (χ0) is 19.8. The molecular formula is C18H27N5O3S. The molecule has 2 amide bonds. The van der Waals surface area contributed by atoms with Crippen molar-refractivity contribution >= 4 is 29.6 Å². The molecule has 148 valence electrons. The number of anilines is 1. The number of hydrogen-bond acceptors (Lipinski definition) is 7. The molecule has 0 radical (unpaired) electrons. The molecule has 0 aromatic carbocycles. The highest BCUT2D eigenvalue weighted by Crippen LogP contribution is 2.30. The summed E-state index contributed by atoms with van der Waals surface area (Å²) in [4.78, 5) is 37.4. The number of amides is 2. The summed E-state index contributed by atoms with van der Waals surface area (Å²) in [6.45, 7) is 7.31. The average molecular weight is 394 g/mol. The summed E-state index contributed by atoms with van der Waals surface area (Å²) in [6.07, 6.45) is 3.25. The van der Waals surface area contributed by atoms with Gasteiger partial charge in [-0.3, -0.25) is 4.79 Å². The van der Waals surface area contributed by atoms with Crippen LogP contribution in [0.3, 0.4) is 0 Å². The molecule has 1 aromatic heterocycles. The number of carbonyl (C=O) groups excluding carboxylic acids is 2. The molecule has 1 N–H and O–H groups in total. The Morgan fingerprint density at radius 2 is 1.96 bits per heavy atom. The van der Waals surface area contributed by atoms with E-state index in [4.69, 9.17) is 4.74 Å². The first-order chi connectivity index (χ1) is 12.7. The third-order valence-corrected chi connectivity index (χ3v) is 5.32. The van der Waals surface area contributed by atoms with Gasteiger partial charge in [0, 0.05) is 26.2 Å². The number of ether oxygens (including phenoxy) is 1. The zero-order valence-corrected chi connectivity index (χ0v) is 17.4. The highest BCUT2D eigenvalue weighted by Gasteiger charge is 2.33.